The van der Waals surface area contributed by atoms with Crippen LogP contribution in [-0.2, 0) is 9.47 Å². The summed E-state index contributed by atoms with van der Waals surface area (Å²) < 4.78 is 12.3. The van der Waals surface area contributed by atoms with Crippen molar-refractivity contribution in [1.82, 2.24) is 4.90 Å². The molecule has 0 aromatic carbocycles. The van der Waals surface area contributed by atoms with E-state index in [4.69, 9.17) is 9.47 Å². The average Bonchev–Trinajstić information content (AvgIpc) is 2.76. The van der Waals surface area contributed by atoms with E-state index in [9.17, 15) is 5.11 Å². The number of hydrogen-bond donors (Lipinski definition) is 1. The van der Waals surface area contributed by atoms with Crippen LogP contribution in [0.4, 0.5) is 0 Å². The number of ether oxygens (including phenoxy) is 2. The molecule has 2 fully saturated rings. The molecule has 0 bridgehead atoms. The van der Waals surface area contributed by atoms with Crippen LogP contribution in [0.2, 0.25) is 0 Å². The summed E-state index contributed by atoms with van der Waals surface area (Å²) in [5.74, 6) is 1.51. The van der Waals surface area contributed by atoms with Crippen LogP contribution in [0.5, 0.6) is 0 Å². The number of rotatable bonds is 8. The van der Waals surface area contributed by atoms with Gasteiger partial charge in [-0.05, 0) is 62.0 Å². The first-order valence-corrected chi connectivity index (χ1v) is 13.5. The number of nitrogens with zero attached hydrogens (tertiary/aromatic N) is 1. The highest BCUT2D eigenvalue weighted by Gasteiger charge is 2.52. The van der Waals surface area contributed by atoms with Crippen molar-refractivity contribution < 1.29 is 14.6 Å². The molecule has 2 heterocycles. The summed E-state index contributed by atoms with van der Waals surface area (Å²) in [5.41, 5.74) is 2.67. The zero-order valence-electron chi connectivity index (χ0n) is 21.7. The lowest BCUT2D eigenvalue weighted by Gasteiger charge is -2.54. The van der Waals surface area contributed by atoms with Crippen LogP contribution >= 0.6 is 0 Å². The molecule has 4 nitrogen and oxygen atoms in total. The van der Waals surface area contributed by atoms with E-state index in [0.29, 0.717) is 17.6 Å². The molecule has 0 amide bonds. The number of aliphatic hydroxyl groups is 1. The predicted molar refractivity (Wildman–Crippen MR) is 135 cm³/mol. The third kappa shape index (κ3) is 5.60. The van der Waals surface area contributed by atoms with Gasteiger partial charge in [-0.15, -0.1) is 0 Å². The smallest absolute Gasteiger partial charge is 0.0988 e. The van der Waals surface area contributed by atoms with Crippen LogP contribution in [0.25, 0.3) is 0 Å². The average molecular weight is 458 g/mol. The van der Waals surface area contributed by atoms with Gasteiger partial charge in [-0.2, -0.15) is 0 Å². The Labute approximate surface area is 202 Å². The SMILES string of the molecule is CCCCCCC(C)(C)C1=CC2OC(C)(C)[C@H]3CC=C(CN4CCOCC4)C[C@@H]3C2C(O)=C1. The molecule has 0 aromatic rings. The number of fused-ring (bicyclic) bond motifs is 3. The Balaban J connectivity index is 1.50. The highest BCUT2D eigenvalue weighted by Crippen LogP contribution is 2.53. The molecule has 2 aliphatic heterocycles. The maximum absolute atomic E-state index is 11.4. The minimum Gasteiger partial charge on any atom is -0.512 e. The van der Waals surface area contributed by atoms with Gasteiger partial charge in [-0.1, -0.05) is 64.2 Å². The molecule has 4 rings (SSSR count). The highest BCUT2D eigenvalue weighted by atomic mass is 16.5. The van der Waals surface area contributed by atoms with E-state index in [1.165, 1.54) is 36.8 Å². The van der Waals surface area contributed by atoms with E-state index in [-0.39, 0.29) is 23.0 Å². The zero-order chi connectivity index (χ0) is 23.6. The zero-order valence-corrected chi connectivity index (χ0v) is 21.7. The van der Waals surface area contributed by atoms with E-state index in [1.54, 1.807) is 0 Å². The van der Waals surface area contributed by atoms with Gasteiger partial charge in [0.1, 0.15) is 0 Å². The summed E-state index contributed by atoms with van der Waals surface area (Å²) in [5, 5.41) is 11.4. The van der Waals surface area contributed by atoms with Crippen molar-refractivity contribution in [2.24, 2.45) is 23.2 Å². The quantitative estimate of drug-likeness (QED) is 0.336. The molecule has 0 radical (unpaired) electrons. The van der Waals surface area contributed by atoms with Crippen molar-refractivity contribution >= 4 is 0 Å². The molecule has 0 aromatic heterocycles. The predicted octanol–water partition coefficient (Wildman–Crippen LogP) is 6.44. The molecule has 186 valence electrons. The van der Waals surface area contributed by atoms with Crippen LogP contribution < -0.4 is 0 Å². The van der Waals surface area contributed by atoms with Crippen LogP contribution in [0.15, 0.2) is 35.1 Å². The molecule has 4 heteroatoms. The molecule has 0 saturated carbocycles. The lowest BCUT2D eigenvalue weighted by Crippen LogP contribution is -2.55. The molecule has 2 saturated heterocycles. The second-order valence-corrected chi connectivity index (χ2v) is 12.1. The molecule has 2 aliphatic carbocycles. The Bertz CT molecular complexity index is 772. The Morgan fingerprint density at radius 1 is 1.15 bits per heavy atom. The van der Waals surface area contributed by atoms with Gasteiger partial charge < -0.3 is 14.6 Å². The van der Waals surface area contributed by atoms with Crippen LogP contribution in [0.3, 0.4) is 0 Å². The van der Waals surface area contributed by atoms with Crippen LogP contribution in [0.1, 0.15) is 79.6 Å². The Kier molecular flexibility index (Phi) is 7.77. The van der Waals surface area contributed by atoms with Gasteiger partial charge in [-0.3, -0.25) is 4.90 Å². The van der Waals surface area contributed by atoms with Crippen molar-refractivity contribution in [3.63, 3.8) is 0 Å². The van der Waals surface area contributed by atoms with Gasteiger partial charge in [0, 0.05) is 25.6 Å². The number of unbranched alkanes of at least 4 members (excludes halogenated alkanes) is 3. The molecular formula is C29H47NO3. The van der Waals surface area contributed by atoms with E-state index >= 15 is 0 Å². The number of hydrogen-bond acceptors (Lipinski definition) is 4. The number of aliphatic hydroxyl groups excluding tert-OH is 1. The van der Waals surface area contributed by atoms with Crippen molar-refractivity contribution in [3.8, 4) is 0 Å². The van der Waals surface area contributed by atoms with Crippen molar-refractivity contribution in [2.75, 3.05) is 32.8 Å². The molecule has 4 aliphatic rings. The number of morpholine rings is 1. The summed E-state index contributed by atoms with van der Waals surface area (Å²) in [7, 11) is 0. The van der Waals surface area contributed by atoms with Gasteiger partial charge in [0.25, 0.3) is 0 Å². The normalized spacial score (nSPS) is 32.3. The first-order valence-electron chi connectivity index (χ1n) is 13.5. The summed E-state index contributed by atoms with van der Waals surface area (Å²) in [6, 6.07) is 0. The van der Waals surface area contributed by atoms with Gasteiger partial charge in [0.2, 0.25) is 0 Å². The van der Waals surface area contributed by atoms with Gasteiger partial charge in [-0.25, -0.2) is 0 Å². The highest BCUT2D eigenvalue weighted by molar-refractivity contribution is 5.36. The third-order valence-electron chi connectivity index (χ3n) is 8.78. The summed E-state index contributed by atoms with van der Waals surface area (Å²) in [6.07, 6.45) is 15.3. The Hall–Kier alpha value is -1.10. The first-order chi connectivity index (χ1) is 15.7. The maximum atomic E-state index is 11.4. The van der Waals surface area contributed by atoms with E-state index in [2.05, 4.69) is 57.7 Å². The lowest BCUT2D eigenvalue weighted by atomic mass is 9.61. The standard InChI is InChI=1S/C29H47NO3/c1-6-7-8-9-12-28(2,3)22-18-25(31)27-23-17-21(20-30-13-15-32-16-14-30)10-11-24(23)29(4,5)33-26(27)19-22/h10,18-19,23-24,26-27,31H,6-9,11-17,20H2,1-5H3/t23-,24-,26?,27?/m0/s1. The lowest BCUT2D eigenvalue weighted by molar-refractivity contribution is -0.177. The number of allylic oxidation sites excluding steroid dienone is 3. The molecular weight excluding hydrogens is 410 g/mol. The maximum Gasteiger partial charge on any atom is 0.0988 e. The van der Waals surface area contributed by atoms with Crippen molar-refractivity contribution in [3.05, 3.63) is 35.1 Å². The summed E-state index contributed by atoms with van der Waals surface area (Å²) >= 11 is 0. The largest absolute Gasteiger partial charge is 0.512 e. The first kappa shape index (κ1) is 25.0. The Morgan fingerprint density at radius 3 is 2.64 bits per heavy atom. The Morgan fingerprint density at radius 2 is 1.91 bits per heavy atom. The van der Waals surface area contributed by atoms with E-state index < -0.39 is 0 Å². The van der Waals surface area contributed by atoms with Crippen LogP contribution in [0, 0.1) is 23.2 Å². The van der Waals surface area contributed by atoms with Crippen molar-refractivity contribution in [1.29, 1.82) is 0 Å². The van der Waals surface area contributed by atoms with Crippen molar-refractivity contribution in [2.45, 2.75) is 91.3 Å². The molecule has 33 heavy (non-hydrogen) atoms. The van der Waals surface area contributed by atoms with E-state index in [1.807, 2.05) is 0 Å². The summed E-state index contributed by atoms with van der Waals surface area (Å²) in [6.45, 7) is 16.2. The topological polar surface area (TPSA) is 41.9 Å². The molecule has 1 N–H and O–H groups in total. The molecule has 0 spiro atoms. The minimum absolute atomic E-state index is 0.0288. The fraction of sp³-hybridized carbons (Fsp3) is 0.793. The van der Waals surface area contributed by atoms with E-state index in [0.717, 1.165) is 52.1 Å². The second-order valence-electron chi connectivity index (χ2n) is 12.1. The van der Waals surface area contributed by atoms with Gasteiger partial charge in [0.15, 0.2) is 0 Å². The van der Waals surface area contributed by atoms with Crippen LogP contribution in [-0.4, -0.2) is 54.6 Å². The van der Waals surface area contributed by atoms with Gasteiger partial charge >= 0.3 is 0 Å². The fourth-order valence-electron chi connectivity index (χ4n) is 6.67. The monoisotopic (exact) mass is 457 g/mol. The van der Waals surface area contributed by atoms with Gasteiger partial charge in [0.05, 0.1) is 30.7 Å². The minimum atomic E-state index is -0.183. The molecule has 2 unspecified atom stereocenters. The second kappa shape index (κ2) is 10.3. The molecule has 4 atom stereocenters. The fourth-order valence-corrected chi connectivity index (χ4v) is 6.67. The third-order valence-corrected chi connectivity index (χ3v) is 8.78. The summed E-state index contributed by atoms with van der Waals surface area (Å²) in [4.78, 5) is 2.52.